The van der Waals surface area contributed by atoms with E-state index in [4.69, 9.17) is 9.47 Å². The Hall–Kier alpha value is -0.120. The molecule has 2 unspecified atom stereocenters. The van der Waals surface area contributed by atoms with E-state index < -0.39 is 0 Å². The van der Waals surface area contributed by atoms with Gasteiger partial charge in [0.05, 0.1) is 0 Å². The second-order valence-electron chi connectivity index (χ2n) is 3.61. The van der Waals surface area contributed by atoms with Crippen molar-refractivity contribution in [1.82, 2.24) is 5.32 Å². The van der Waals surface area contributed by atoms with Crippen LogP contribution < -0.4 is 5.32 Å². The van der Waals surface area contributed by atoms with Crippen molar-refractivity contribution in [3.05, 3.63) is 0 Å². The first kappa shape index (κ1) is 7.53. The van der Waals surface area contributed by atoms with E-state index in [1.165, 1.54) is 12.8 Å². The highest BCUT2D eigenvalue weighted by Crippen LogP contribution is 2.37. The third-order valence-electron chi connectivity index (χ3n) is 2.71. The van der Waals surface area contributed by atoms with E-state index in [0.29, 0.717) is 0 Å². The zero-order chi connectivity index (χ0) is 7.90. The minimum Gasteiger partial charge on any atom is -0.353 e. The van der Waals surface area contributed by atoms with Crippen molar-refractivity contribution in [2.75, 3.05) is 13.7 Å². The topological polar surface area (TPSA) is 33.8 Å². The Kier molecular flexibility index (Phi) is 1.67. The van der Waals surface area contributed by atoms with Crippen LogP contribution in [0.4, 0.5) is 0 Å². The third kappa shape index (κ3) is 1.17. The van der Waals surface area contributed by atoms with Gasteiger partial charge in [-0.1, -0.05) is 0 Å². The molecule has 11 heavy (non-hydrogen) atoms. The molecule has 0 saturated carbocycles. The van der Waals surface area contributed by atoms with Crippen LogP contribution in [-0.2, 0) is 9.47 Å². The highest BCUT2D eigenvalue weighted by atomic mass is 16.8. The molecule has 3 nitrogen and oxygen atoms in total. The summed E-state index contributed by atoms with van der Waals surface area (Å²) in [6, 6.07) is 0. The molecule has 2 aliphatic heterocycles. The molecule has 2 saturated heterocycles. The Morgan fingerprint density at radius 3 is 2.91 bits per heavy atom. The molecule has 2 fully saturated rings. The Balaban J connectivity index is 1.94. The van der Waals surface area contributed by atoms with Gasteiger partial charge in [-0.15, -0.1) is 0 Å². The molecule has 0 aromatic heterocycles. The van der Waals surface area contributed by atoms with Crippen molar-refractivity contribution in [1.29, 1.82) is 0 Å². The van der Waals surface area contributed by atoms with Crippen LogP contribution in [0.25, 0.3) is 0 Å². The van der Waals surface area contributed by atoms with Crippen LogP contribution in [0.3, 0.4) is 0 Å². The first-order valence-corrected chi connectivity index (χ1v) is 4.19. The molecule has 0 aromatic carbocycles. The molecule has 0 amide bonds. The molecule has 2 rings (SSSR count). The Morgan fingerprint density at radius 1 is 1.64 bits per heavy atom. The summed E-state index contributed by atoms with van der Waals surface area (Å²) < 4.78 is 10.5. The number of ether oxygens (including phenoxy) is 2. The highest BCUT2D eigenvalue weighted by molar-refractivity contribution is 5.03. The third-order valence-corrected chi connectivity index (χ3v) is 2.71. The van der Waals surface area contributed by atoms with Crippen LogP contribution in [-0.4, -0.2) is 31.6 Å². The summed E-state index contributed by atoms with van der Waals surface area (Å²) in [5.41, 5.74) is 0.181. The van der Waals surface area contributed by atoms with Gasteiger partial charge in [-0.3, -0.25) is 0 Å². The van der Waals surface area contributed by atoms with Crippen molar-refractivity contribution < 1.29 is 9.47 Å². The van der Waals surface area contributed by atoms with Gasteiger partial charge < -0.3 is 14.8 Å². The second kappa shape index (κ2) is 2.44. The van der Waals surface area contributed by atoms with Gasteiger partial charge in [-0.25, -0.2) is 0 Å². The van der Waals surface area contributed by atoms with Gasteiger partial charge in [-0.05, 0) is 26.3 Å². The van der Waals surface area contributed by atoms with E-state index >= 15 is 0 Å². The monoisotopic (exact) mass is 157 g/mol. The summed E-state index contributed by atoms with van der Waals surface area (Å²) in [4.78, 5) is 0. The largest absolute Gasteiger partial charge is 0.353 e. The Morgan fingerprint density at radius 2 is 2.45 bits per heavy atom. The lowest BCUT2D eigenvalue weighted by Crippen LogP contribution is -2.42. The van der Waals surface area contributed by atoms with Gasteiger partial charge >= 0.3 is 0 Å². The summed E-state index contributed by atoms with van der Waals surface area (Å²) in [5.74, 6) is 0. The lowest BCUT2D eigenvalue weighted by Gasteiger charge is -2.21. The van der Waals surface area contributed by atoms with Crippen LogP contribution in [0.2, 0.25) is 0 Å². The molecule has 0 radical (unpaired) electrons. The number of hydrogen-bond donors (Lipinski definition) is 1. The first-order valence-electron chi connectivity index (χ1n) is 4.19. The van der Waals surface area contributed by atoms with Crippen molar-refractivity contribution in [3.8, 4) is 0 Å². The summed E-state index contributed by atoms with van der Waals surface area (Å²) in [5, 5.41) is 3.45. The molecule has 2 aliphatic rings. The lowest BCUT2D eigenvalue weighted by molar-refractivity contribution is 0.0950. The summed E-state index contributed by atoms with van der Waals surface area (Å²) in [6.45, 7) is 3.33. The van der Waals surface area contributed by atoms with E-state index in [0.717, 1.165) is 6.54 Å². The van der Waals surface area contributed by atoms with Gasteiger partial charge in [0.1, 0.15) is 6.10 Å². The smallest absolute Gasteiger partial charge is 0.185 e. The number of nitrogens with one attached hydrogen (secondary N) is 1. The number of epoxide rings is 1. The molecular weight excluding hydrogens is 142 g/mol. The molecule has 64 valence electrons. The quantitative estimate of drug-likeness (QED) is 0.593. The van der Waals surface area contributed by atoms with Crippen LogP contribution in [0.5, 0.6) is 0 Å². The summed E-state index contributed by atoms with van der Waals surface area (Å²) in [6.07, 6.45) is 2.80. The standard InChI is InChI=1S/C8H15NO2/c1-8(4-3-5-9-8)6-7(10-2)11-6/h6-7,9H,3-5H2,1-2H3/t6?,7?,8-/m0/s1. The normalized spacial score (nSPS) is 49.6. The fraction of sp³-hybridized carbons (Fsp3) is 1.00. The first-order chi connectivity index (χ1) is 5.26. The fourth-order valence-electron chi connectivity index (χ4n) is 1.89. The fourth-order valence-corrected chi connectivity index (χ4v) is 1.89. The van der Waals surface area contributed by atoms with Crippen LogP contribution in [0.1, 0.15) is 19.8 Å². The van der Waals surface area contributed by atoms with E-state index in [9.17, 15) is 0 Å². The van der Waals surface area contributed by atoms with Gasteiger partial charge in [0.15, 0.2) is 6.29 Å². The van der Waals surface area contributed by atoms with Gasteiger partial charge in [0.2, 0.25) is 0 Å². The highest BCUT2D eigenvalue weighted by Gasteiger charge is 2.53. The average molecular weight is 157 g/mol. The molecule has 3 atom stereocenters. The molecule has 0 aromatic rings. The van der Waals surface area contributed by atoms with Crippen LogP contribution in [0.15, 0.2) is 0 Å². The van der Waals surface area contributed by atoms with Gasteiger partial charge in [-0.2, -0.15) is 0 Å². The van der Waals surface area contributed by atoms with Crippen molar-refractivity contribution in [2.24, 2.45) is 0 Å². The predicted molar refractivity (Wildman–Crippen MR) is 41.3 cm³/mol. The van der Waals surface area contributed by atoms with E-state index in [-0.39, 0.29) is 17.9 Å². The van der Waals surface area contributed by atoms with Crippen LogP contribution >= 0.6 is 0 Å². The molecule has 0 spiro atoms. The van der Waals surface area contributed by atoms with Gasteiger partial charge in [0, 0.05) is 12.6 Å². The number of methoxy groups -OCH3 is 1. The summed E-state index contributed by atoms with van der Waals surface area (Å²) in [7, 11) is 1.70. The van der Waals surface area contributed by atoms with Gasteiger partial charge in [0.25, 0.3) is 0 Å². The zero-order valence-corrected chi connectivity index (χ0v) is 7.09. The Bertz CT molecular complexity index is 154. The SMILES string of the molecule is COC1OC1[C@]1(C)CCCN1. The van der Waals surface area contributed by atoms with Crippen molar-refractivity contribution in [2.45, 2.75) is 37.7 Å². The Labute approximate surface area is 67.1 Å². The van der Waals surface area contributed by atoms with E-state index in [2.05, 4.69) is 12.2 Å². The molecule has 1 N–H and O–H groups in total. The minimum absolute atomic E-state index is 0.0469. The second-order valence-corrected chi connectivity index (χ2v) is 3.61. The maximum Gasteiger partial charge on any atom is 0.185 e. The maximum atomic E-state index is 5.37. The minimum atomic E-state index is 0.0469. The average Bonchev–Trinajstić information content (AvgIpc) is 2.70. The molecule has 2 heterocycles. The van der Waals surface area contributed by atoms with E-state index in [1.54, 1.807) is 7.11 Å². The predicted octanol–water partition coefficient (Wildman–Crippen LogP) is 0.500. The van der Waals surface area contributed by atoms with Crippen molar-refractivity contribution in [3.63, 3.8) is 0 Å². The number of hydrogen-bond acceptors (Lipinski definition) is 3. The van der Waals surface area contributed by atoms with Crippen molar-refractivity contribution >= 4 is 0 Å². The molecular formula is C8H15NO2. The zero-order valence-electron chi connectivity index (χ0n) is 7.09. The summed E-state index contributed by atoms with van der Waals surface area (Å²) >= 11 is 0. The maximum absolute atomic E-state index is 5.37. The number of rotatable bonds is 2. The molecule has 0 bridgehead atoms. The molecule has 0 aliphatic carbocycles. The van der Waals surface area contributed by atoms with E-state index in [1.807, 2.05) is 0 Å². The van der Waals surface area contributed by atoms with Crippen LogP contribution in [0, 0.1) is 0 Å². The molecule has 3 heteroatoms. The lowest BCUT2D eigenvalue weighted by atomic mass is 9.96.